The van der Waals surface area contributed by atoms with Crippen LogP contribution in [0.5, 0.6) is 0 Å². The van der Waals surface area contributed by atoms with Crippen LogP contribution in [0.2, 0.25) is 10.0 Å². The minimum absolute atomic E-state index is 0.0127. The van der Waals surface area contributed by atoms with Gasteiger partial charge in [0.05, 0.1) is 17.7 Å². The molecule has 25 heavy (non-hydrogen) atoms. The van der Waals surface area contributed by atoms with Crippen molar-refractivity contribution in [3.63, 3.8) is 0 Å². The Hall–Kier alpha value is -2.64. The van der Waals surface area contributed by atoms with Gasteiger partial charge in [-0.2, -0.15) is 5.10 Å². The molecule has 2 N–H and O–H groups in total. The highest BCUT2D eigenvalue weighted by molar-refractivity contribution is 6.33. The molecule has 2 aromatic carbocycles. The fraction of sp³-hybridized carbons (Fsp3) is 0.125. The Morgan fingerprint density at radius 3 is 2.76 bits per heavy atom. The molecule has 9 heteroatoms. The molecule has 0 bridgehead atoms. The number of hydrogen-bond donors (Lipinski definition) is 2. The van der Waals surface area contributed by atoms with E-state index in [-0.39, 0.29) is 17.3 Å². The van der Waals surface area contributed by atoms with Crippen LogP contribution in [-0.4, -0.2) is 23.6 Å². The summed E-state index contributed by atoms with van der Waals surface area (Å²) in [7, 11) is 0. The molecule has 0 saturated carbocycles. The van der Waals surface area contributed by atoms with Crippen molar-refractivity contribution in [1.82, 2.24) is 5.43 Å². The van der Waals surface area contributed by atoms with E-state index in [1.807, 2.05) is 6.92 Å². The molecule has 0 spiro atoms. The molecule has 1 amide bonds. The maximum Gasteiger partial charge on any atom is 0.270 e. The van der Waals surface area contributed by atoms with Gasteiger partial charge in [-0.05, 0) is 30.7 Å². The molecule has 0 aliphatic heterocycles. The molecule has 0 fully saturated rings. The minimum Gasteiger partial charge on any atom is -0.376 e. The highest BCUT2D eigenvalue weighted by atomic mass is 35.5. The SMILES string of the molecule is Cc1c(Cl)cccc1NCC(=O)NN=Cc1cc([N+](=O)[O-])ccc1Cl. The molecule has 130 valence electrons. The lowest BCUT2D eigenvalue weighted by Gasteiger charge is -2.09. The zero-order chi connectivity index (χ0) is 18.4. The monoisotopic (exact) mass is 380 g/mol. The molecule has 0 aromatic heterocycles. The van der Waals surface area contributed by atoms with Gasteiger partial charge in [-0.3, -0.25) is 14.9 Å². The van der Waals surface area contributed by atoms with Crippen molar-refractivity contribution in [1.29, 1.82) is 0 Å². The number of nitrogens with zero attached hydrogens (tertiary/aromatic N) is 2. The topological polar surface area (TPSA) is 96.6 Å². The summed E-state index contributed by atoms with van der Waals surface area (Å²) in [6.45, 7) is 1.83. The number of halogens is 2. The van der Waals surface area contributed by atoms with Gasteiger partial charge < -0.3 is 5.32 Å². The number of hydrogen-bond acceptors (Lipinski definition) is 5. The molecule has 0 radical (unpaired) electrons. The lowest BCUT2D eigenvalue weighted by molar-refractivity contribution is -0.384. The van der Waals surface area contributed by atoms with Crippen LogP contribution in [-0.2, 0) is 4.79 Å². The van der Waals surface area contributed by atoms with Crippen molar-refractivity contribution >= 4 is 46.7 Å². The number of non-ortho nitro benzene ring substituents is 1. The standard InChI is InChI=1S/C16H14Cl2N4O3/c1-10-13(17)3-2-4-15(10)19-9-16(23)21-20-8-11-7-12(22(24)25)5-6-14(11)18/h2-8,19H,9H2,1H3,(H,21,23). The number of nitro benzene ring substituents is 1. The van der Waals surface area contributed by atoms with E-state index in [9.17, 15) is 14.9 Å². The van der Waals surface area contributed by atoms with Gasteiger partial charge >= 0.3 is 0 Å². The Kier molecular flexibility index (Phi) is 6.32. The van der Waals surface area contributed by atoms with Gasteiger partial charge in [0.25, 0.3) is 11.6 Å². The maximum absolute atomic E-state index is 11.8. The Balaban J connectivity index is 1.93. The summed E-state index contributed by atoms with van der Waals surface area (Å²) in [6, 6.07) is 9.29. The third-order valence-electron chi connectivity index (χ3n) is 3.29. The van der Waals surface area contributed by atoms with Crippen molar-refractivity contribution in [2.45, 2.75) is 6.92 Å². The summed E-state index contributed by atoms with van der Waals surface area (Å²) >= 11 is 11.9. The van der Waals surface area contributed by atoms with Gasteiger partial charge in [0, 0.05) is 33.4 Å². The third-order valence-corrected chi connectivity index (χ3v) is 4.04. The second-order valence-electron chi connectivity index (χ2n) is 5.02. The number of hydrazone groups is 1. The Morgan fingerprint density at radius 1 is 1.28 bits per heavy atom. The molecule has 7 nitrogen and oxygen atoms in total. The van der Waals surface area contributed by atoms with Crippen LogP contribution in [0.3, 0.4) is 0 Å². The van der Waals surface area contributed by atoms with E-state index in [2.05, 4.69) is 15.8 Å². The van der Waals surface area contributed by atoms with Gasteiger partial charge in [-0.15, -0.1) is 0 Å². The maximum atomic E-state index is 11.8. The smallest absolute Gasteiger partial charge is 0.270 e. The van der Waals surface area contributed by atoms with E-state index in [1.165, 1.54) is 24.4 Å². The second kappa shape index (κ2) is 8.46. The number of amides is 1. The number of carbonyl (C=O) groups excluding carboxylic acids is 1. The number of rotatable bonds is 6. The Labute approximate surface area is 153 Å². The minimum atomic E-state index is -0.538. The van der Waals surface area contributed by atoms with Crippen LogP contribution < -0.4 is 10.7 Å². The van der Waals surface area contributed by atoms with E-state index in [4.69, 9.17) is 23.2 Å². The van der Waals surface area contributed by atoms with Gasteiger partial charge in [0.1, 0.15) is 0 Å². The summed E-state index contributed by atoms with van der Waals surface area (Å²) < 4.78 is 0. The van der Waals surface area contributed by atoms with Gasteiger partial charge in [0.2, 0.25) is 0 Å². The molecule has 0 saturated heterocycles. The quantitative estimate of drug-likeness (QED) is 0.452. The van der Waals surface area contributed by atoms with Crippen molar-refractivity contribution in [3.8, 4) is 0 Å². The van der Waals surface area contributed by atoms with Crippen LogP contribution in [0.4, 0.5) is 11.4 Å². The summed E-state index contributed by atoms with van der Waals surface area (Å²) in [6.07, 6.45) is 1.25. The average molecular weight is 381 g/mol. The van der Waals surface area contributed by atoms with E-state index in [0.29, 0.717) is 10.6 Å². The first-order valence-corrected chi connectivity index (χ1v) is 7.89. The molecular formula is C16H14Cl2N4O3. The zero-order valence-corrected chi connectivity index (χ0v) is 14.6. The number of carbonyl (C=O) groups is 1. The number of benzene rings is 2. The largest absolute Gasteiger partial charge is 0.376 e. The van der Waals surface area contributed by atoms with Gasteiger partial charge in [-0.1, -0.05) is 29.3 Å². The van der Waals surface area contributed by atoms with E-state index >= 15 is 0 Å². The first-order valence-electron chi connectivity index (χ1n) is 7.13. The molecule has 0 atom stereocenters. The van der Waals surface area contributed by atoms with Gasteiger partial charge in [-0.25, -0.2) is 5.43 Å². The normalized spacial score (nSPS) is 10.7. The van der Waals surface area contributed by atoms with Crippen molar-refractivity contribution < 1.29 is 9.72 Å². The molecular weight excluding hydrogens is 367 g/mol. The van der Waals surface area contributed by atoms with Crippen molar-refractivity contribution in [3.05, 3.63) is 67.7 Å². The van der Waals surface area contributed by atoms with Crippen molar-refractivity contribution in [2.75, 3.05) is 11.9 Å². The average Bonchev–Trinajstić information content (AvgIpc) is 2.57. The number of nitrogens with one attached hydrogen (secondary N) is 2. The number of anilines is 1. The molecule has 0 unspecified atom stereocenters. The zero-order valence-electron chi connectivity index (χ0n) is 13.1. The highest BCUT2D eigenvalue weighted by Gasteiger charge is 2.08. The Morgan fingerprint density at radius 2 is 2.04 bits per heavy atom. The van der Waals surface area contributed by atoms with Crippen LogP contribution in [0.25, 0.3) is 0 Å². The first kappa shape index (κ1) is 18.7. The molecule has 0 aliphatic rings. The molecule has 0 aliphatic carbocycles. The van der Waals surface area contributed by atoms with Gasteiger partial charge in [0.15, 0.2) is 0 Å². The number of nitro groups is 1. The predicted molar refractivity (Wildman–Crippen MR) is 98.5 cm³/mol. The Bertz CT molecular complexity index is 840. The van der Waals surface area contributed by atoms with Crippen LogP contribution in [0.15, 0.2) is 41.5 Å². The molecule has 2 rings (SSSR count). The molecule has 2 aromatic rings. The first-order chi connectivity index (χ1) is 11.9. The summed E-state index contributed by atoms with van der Waals surface area (Å²) in [5.74, 6) is -0.392. The van der Waals surface area contributed by atoms with Crippen molar-refractivity contribution in [2.24, 2.45) is 5.10 Å². The summed E-state index contributed by atoms with van der Waals surface area (Å²) in [5.41, 5.74) is 4.11. The fourth-order valence-corrected chi connectivity index (χ4v) is 2.27. The van der Waals surface area contributed by atoms with E-state index in [0.717, 1.165) is 11.3 Å². The van der Waals surface area contributed by atoms with Crippen LogP contribution >= 0.6 is 23.2 Å². The van der Waals surface area contributed by atoms with Crippen LogP contribution in [0, 0.1) is 17.0 Å². The lowest BCUT2D eigenvalue weighted by atomic mass is 10.2. The predicted octanol–water partition coefficient (Wildman–Crippen LogP) is 3.77. The lowest BCUT2D eigenvalue weighted by Crippen LogP contribution is -2.26. The third kappa shape index (κ3) is 5.17. The van der Waals surface area contributed by atoms with E-state index < -0.39 is 10.8 Å². The second-order valence-corrected chi connectivity index (χ2v) is 5.84. The highest BCUT2D eigenvalue weighted by Crippen LogP contribution is 2.22. The van der Waals surface area contributed by atoms with E-state index in [1.54, 1.807) is 18.2 Å². The molecule has 0 heterocycles. The summed E-state index contributed by atoms with van der Waals surface area (Å²) in [5, 5.41) is 18.3. The van der Waals surface area contributed by atoms with Crippen LogP contribution in [0.1, 0.15) is 11.1 Å². The fourth-order valence-electron chi connectivity index (χ4n) is 1.93. The summed E-state index contributed by atoms with van der Waals surface area (Å²) in [4.78, 5) is 22.0.